The fourth-order valence-electron chi connectivity index (χ4n) is 11.3. The zero-order valence-electron chi connectivity index (χ0n) is 34.8. The Labute approximate surface area is 350 Å². The number of likely N-dealkylation sites (tertiary alicyclic amines) is 4. The number of nitrogens with zero attached hydrogens (tertiary/aromatic N) is 5. The van der Waals surface area contributed by atoms with E-state index in [2.05, 4.69) is 25.7 Å². The van der Waals surface area contributed by atoms with Gasteiger partial charge in [-0.3, -0.25) is 14.5 Å². The Morgan fingerprint density at radius 2 is 1.58 bits per heavy atom. The maximum atomic E-state index is 15.0. The summed E-state index contributed by atoms with van der Waals surface area (Å²) >= 11 is 0. The summed E-state index contributed by atoms with van der Waals surface area (Å²) in [5.41, 5.74) is 1.92. The Kier molecular flexibility index (Phi) is 13.1. The number of rotatable bonds is 15. The fraction of sp³-hybridized carbons (Fsp3) is 0.652. The Morgan fingerprint density at radius 1 is 0.864 bits per heavy atom. The molecule has 1 amide bonds. The summed E-state index contributed by atoms with van der Waals surface area (Å²) in [4.78, 5) is 36.9. The molecular formula is C46H64FN5O6S. The molecule has 3 atom stereocenters. The lowest BCUT2D eigenvalue weighted by atomic mass is 9.56. The van der Waals surface area contributed by atoms with E-state index in [0.717, 1.165) is 122 Å². The number of esters is 1. The van der Waals surface area contributed by atoms with E-state index in [1.807, 2.05) is 24.3 Å². The van der Waals surface area contributed by atoms with Crippen molar-refractivity contribution in [1.82, 2.24) is 19.6 Å². The maximum absolute atomic E-state index is 15.0. The standard InChI is InChI=1S/C46H64FN5O6S/c1-58-45(55)26-35-6-2-9-43(35)46(33-50-20-5-21-50,37-7-3-8-38(47)27-37)36-15-22-49(23-16-36)28-34-29-51(30-34)39-11-13-41(14-12-39)59(56,57)42-31-52(32-42)44(54)10-4-19-48-24-17-40(53)18-25-48/h3-4,7-8,10-14,27,34-36,40,42-43,53H,2,5-6,9,15-26,28-33H2,1H3/b10-4+/t35-,43+,46+/m1/s1. The number of anilines is 1. The van der Waals surface area contributed by atoms with Crippen molar-refractivity contribution in [2.45, 2.75) is 79.5 Å². The molecule has 2 aromatic carbocycles. The van der Waals surface area contributed by atoms with E-state index in [9.17, 15) is 23.1 Å². The molecule has 11 nitrogen and oxygen atoms in total. The third-order valence-electron chi connectivity index (χ3n) is 14.9. The first-order valence-electron chi connectivity index (χ1n) is 22.2. The summed E-state index contributed by atoms with van der Waals surface area (Å²) in [7, 11) is -2.07. The first kappa shape index (κ1) is 42.3. The van der Waals surface area contributed by atoms with Crippen molar-refractivity contribution in [3.8, 4) is 0 Å². The summed E-state index contributed by atoms with van der Waals surface area (Å²) in [6.07, 6.45) is 11.5. The van der Waals surface area contributed by atoms with Crippen molar-refractivity contribution in [3.63, 3.8) is 0 Å². The second kappa shape index (κ2) is 18.3. The molecule has 5 saturated heterocycles. The Bertz CT molecular complexity index is 1900. The molecule has 0 spiro atoms. The lowest BCUT2D eigenvalue weighted by Gasteiger charge is -2.54. The van der Waals surface area contributed by atoms with E-state index in [-0.39, 0.29) is 48.2 Å². The van der Waals surface area contributed by atoms with E-state index in [1.54, 1.807) is 35.2 Å². The van der Waals surface area contributed by atoms with Crippen molar-refractivity contribution >= 4 is 27.4 Å². The molecule has 8 rings (SSSR count). The van der Waals surface area contributed by atoms with Gasteiger partial charge in [0.15, 0.2) is 9.84 Å². The molecule has 0 aromatic heterocycles. The van der Waals surface area contributed by atoms with E-state index < -0.39 is 15.1 Å². The fourth-order valence-corrected chi connectivity index (χ4v) is 12.9. The molecular weight excluding hydrogens is 770 g/mol. The van der Waals surface area contributed by atoms with Gasteiger partial charge in [-0.15, -0.1) is 0 Å². The summed E-state index contributed by atoms with van der Waals surface area (Å²) in [6.45, 7) is 10.6. The minimum atomic E-state index is -3.55. The Hall–Kier alpha value is -3.36. The van der Waals surface area contributed by atoms with Crippen LogP contribution in [0.4, 0.5) is 10.1 Å². The highest BCUT2D eigenvalue weighted by Gasteiger charge is 2.53. The second-order valence-electron chi connectivity index (χ2n) is 18.4. The van der Waals surface area contributed by atoms with Crippen LogP contribution in [0, 0.1) is 29.5 Å². The van der Waals surface area contributed by atoms with Crippen LogP contribution in [-0.4, -0.2) is 149 Å². The molecule has 0 unspecified atom stereocenters. The molecule has 5 heterocycles. The largest absolute Gasteiger partial charge is 0.469 e. The average Bonchev–Trinajstić information content (AvgIpc) is 3.64. The second-order valence-corrected chi connectivity index (χ2v) is 20.7. The molecule has 6 aliphatic rings. The number of carbonyl (C=O) groups excluding carboxylic acids is 2. The smallest absolute Gasteiger partial charge is 0.305 e. The van der Waals surface area contributed by atoms with Gasteiger partial charge in [-0.1, -0.05) is 24.6 Å². The normalized spacial score (nSPS) is 25.7. The van der Waals surface area contributed by atoms with Gasteiger partial charge < -0.3 is 29.4 Å². The third kappa shape index (κ3) is 9.29. The van der Waals surface area contributed by atoms with Gasteiger partial charge in [-0.2, -0.15) is 0 Å². The van der Waals surface area contributed by atoms with Crippen LogP contribution in [-0.2, 0) is 29.6 Å². The molecule has 0 radical (unpaired) electrons. The van der Waals surface area contributed by atoms with Crippen molar-refractivity contribution in [2.24, 2.45) is 23.7 Å². The molecule has 2 aromatic rings. The van der Waals surface area contributed by atoms with Gasteiger partial charge in [0, 0.05) is 88.4 Å². The number of aliphatic hydroxyl groups is 1. The van der Waals surface area contributed by atoms with Crippen LogP contribution < -0.4 is 4.90 Å². The molecule has 322 valence electrons. The van der Waals surface area contributed by atoms with Gasteiger partial charge in [0.25, 0.3) is 0 Å². The number of aliphatic hydroxyl groups excluding tert-OH is 1. The molecule has 13 heteroatoms. The van der Waals surface area contributed by atoms with Crippen molar-refractivity contribution in [1.29, 1.82) is 0 Å². The van der Waals surface area contributed by atoms with Gasteiger partial charge in [-0.05, 0) is 131 Å². The summed E-state index contributed by atoms with van der Waals surface area (Å²) in [6, 6.07) is 14.6. The number of methoxy groups -OCH3 is 1. The topological polar surface area (TPSA) is 114 Å². The van der Waals surface area contributed by atoms with E-state index in [0.29, 0.717) is 35.6 Å². The number of halogens is 1. The lowest BCUT2D eigenvalue weighted by Crippen LogP contribution is -2.58. The average molecular weight is 834 g/mol. The van der Waals surface area contributed by atoms with Gasteiger partial charge in [0.2, 0.25) is 5.91 Å². The van der Waals surface area contributed by atoms with Crippen molar-refractivity contribution < 1.29 is 32.2 Å². The van der Waals surface area contributed by atoms with Crippen LogP contribution in [0.25, 0.3) is 0 Å². The third-order valence-corrected chi connectivity index (χ3v) is 17.0. The molecule has 5 aliphatic heterocycles. The number of carbonyl (C=O) groups is 2. The highest BCUT2D eigenvalue weighted by molar-refractivity contribution is 7.92. The number of amides is 1. The van der Waals surface area contributed by atoms with Crippen molar-refractivity contribution in [2.75, 3.05) is 97.1 Å². The first-order valence-corrected chi connectivity index (χ1v) is 23.8. The number of ether oxygens (including phenoxy) is 1. The number of hydrogen-bond acceptors (Lipinski definition) is 10. The molecule has 0 bridgehead atoms. The summed E-state index contributed by atoms with van der Waals surface area (Å²) in [5, 5.41) is 9.09. The van der Waals surface area contributed by atoms with Gasteiger partial charge in [-0.25, -0.2) is 12.8 Å². The number of piperidine rings is 2. The van der Waals surface area contributed by atoms with Crippen LogP contribution in [0.5, 0.6) is 0 Å². The highest BCUT2D eigenvalue weighted by atomic mass is 32.2. The zero-order chi connectivity index (χ0) is 41.1. The minimum absolute atomic E-state index is 0.143. The minimum Gasteiger partial charge on any atom is -0.469 e. The molecule has 1 N–H and O–H groups in total. The first-order chi connectivity index (χ1) is 28.5. The number of benzene rings is 2. The predicted octanol–water partition coefficient (Wildman–Crippen LogP) is 4.59. The predicted molar refractivity (Wildman–Crippen MR) is 226 cm³/mol. The van der Waals surface area contributed by atoms with Crippen LogP contribution in [0.3, 0.4) is 0 Å². The summed E-state index contributed by atoms with van der Waals surface area (Å²) < 4.78 is 47.1. The number of hydrogen-bond donors (Lipinski definition) is 1. The number of sulfone groups is 1. The highest BCUT2D eigenvalue weighted by Crippen LogP contribution is 2.54. The maximum Gasteiger partial charge on any atom is 0.305 e. The van der Waals surface area contributed by atoms with Gasteiger partial charge >= 0.3 is 5.97 Å². The zero-order valence-corrected chi connectivity index (χ0v) is 35.6. The molecule has 59 heavy (non-hydrogen) atoms. The van der Waals surface area contributed by atoms with Gasteiger partial charge in [0.1, 0.15) is 11.1 Å². The van der Waals surface area contributed by atoms with Gasteiger partial charge in [0.05, 0.1) is 18.1 Å². The molecule has 1 saturated carbocycles. The van der Waals surface area contributed by atoms with E-state index in [1.165, 1.54) is 13.5 Å². The van der Waals surface area contributed by atoms with Crippen LogP contribution in [0.15, 0.2) is 65.6 Å². The van der Waals surface area contributed by atoms with Crippen LogP contribution in [0.1, 0.15) is 63.4 Å². The quantitative estimate of drug-likeness (QED) is 0.202. The Balaban J connectivity index is 0.831. The Morgan fingerprint density at radius 3 is 2.24 bits per heavy atom. The van der Waals surface area contributed by atoms with E-state index >= 15 is 4.39 Å². The monoisotopic (exact) mass is 833 g/mol. The van der Waals surface area contributed by atoms with Crippen LogP contribution >= 0.6 is 0 Å². The molecule has 6 fully saturated rings. The lowest BCUT2D eigenvalue weighted by molar-refractivity contribution is -0.142. The SMILES string of the molecule is COC(=O)C[C@H]1CCC[C@@H]1[C@](CN1CCC1)(c1cccc(F)c1)C1CCN(CC2CN(c3ccc(S(=O)(=O)C4CN(C(=O)/C=C/CN5CCC(O)CC5)C4)cc3)C2)CC1. The van der Waals surface area contributed by atoms with Crippen molar-refractivity contribution in [3.05, 3.63) is 72.1 Å². The van der Waals surface area contributed by atoms with E-state index in [4.69, 9.17) is 4.74 Å². The summed E-state index contributed by atoms with van der Waals surface area (Å²) in [5.74, 6) is 0.975. The molecule has 1 aliphatic carbocycles. The van der Waals surface area contributed by atoms with Crippen LogP contribution in [0.2, 0.25) is 0 Å².